The molecule has 0 aliphatic carbocycles. The van der Waals surface area contributed by atoms with Crippen molar-refractivity contribution in [2.75, 3.05) is 6.61 Å². The minimum absolute atomic E-state index is 0.00184. The van der Waals surface area contributed by atoms with Gasteiger partial charge in [-0.25, -0.2) is 0 Å². The van der Waals surface area contributed by atoms with Gasteiger partial charge in [0.1, 0.15) is 12.4 Å². The van der Waals surface area contributed by atoms with Crippen LogP contribution in [0.15, 0.2) is 30.6 Å². The fourth-order valence-electron chi connectivity index (χ4n) is 2.02. The van der Waals surface area contributed by atoms with Crippen LogP contribution in [0.3, 0.4) is 0 Å². The van der Waals surface area contributed by atoms with Crippen LogP contribution in [0.1, 0.15) is 37.8 Å². The third-order valence-electron chi connectivity index (χ3n) is 2.88. The first-order valence-corrected chi connectivity index (χ1v) is 6.34. The van der Waals surface area contributed by atoms with Crippen molar-refractivity contribution in [2.24, 2.45) is 0 Å². The van der Waals surface area contributed by atoms with Crippen LogP contribution in [0.5, 0.6) is 0 Å². The Balaban J connectivity index is 2.38. The molecule has 4 nitrogen and oxygen atoms in total. The van der Waals surface area contributed by atoms with Crippen molar-refractivity contribution < 1.29 is 4.74 Å². The normalized spacial score (nSPS) is 12.6. The highest BCUT2D eigenvalue weighted by atomic mass is 16.5. The Kier molecular flexibility index (Phi) is 4.10. The van der Waals surface area contributed by atoms with E-state index in [0.29, 0.717) is 6.61 Å². The van der Waals surface area contributed by atoms with Crippen LogP contribution in [-0.4, -0.2) is 21.4 Å². The quantitative estimate of drug-likeness (QED) is 0.812. The maximum Gasteiger partial charge on any atom is 0.166 e. The number of nitrogens with zero attached hydrogens (tertiary/aromatic N) is 3. The molecule has 0 fully saturated rings. The lowest BCUT2D eigenvalue weighted by Gasteiger charge is -2.15. The highest BCUT2D eigenvalue weighted by Crippen LogP contribution is 2.22. The largest absolute Gasteiger partial charge is 0.370 e. The van der Waals surface area contributed by atoms with Gasteiger partial charge in [-0.2, -0.15) is 0 Å². The van der Waals surface area contributed by atoms with Crippen molar-refractivity contribution >= 4 is 0 Å². The second-order valence-electron chi connectivity index (χ2n) is 4.25. The summed E-state index contributed by atoms with van der Waals surface area (Å²) in [7, 11) is 0. The van der Waals surface area contributed by atoms with Gasteiger partial charge in [0.15, 0.2) is 5.82 Å². The molecule has 0 unspecified atom stereocenters. The highest BCUT2D eigenvalue weighted by Gasteiger charge is 2.17. The van der Waals surface area contributed by atoms with Crippen LogP contribution < -0.4 is 0 Å². The number of benzene rings is 1. The molecule has 0 saturated heterocycles. The molecule has 1 aromatic carbocycles. The minimum atomic E-state index is -0.00184. The fraction of sp³-hybridized carbons (Fsp3) is 0.429. The lowest BCUT2D eigenvalue weighted by Crippen LogP contribution is -2.10. The molecule has 1 aromatic heterocycles. The van der Waals surface area contributed by atoms with Crippen LogP contribution in [-0.2, 0) is 4.74 Å². The molecule has 0 saturated carbocycles. The summed E-state index contributed by atoms with van der Waals surface area (Å²) in [5.74, 6) is 0.866. The van der Waals surface area contributed by atoms with Crippen molar-refractivity contribution in [1.29, 1.82) is 0 Å². The van der Waals surface area contributed by atoms with E-state index in [1.165, 1.54) is 5.56 Å². The van der Waals surface area contributed by atoms with Gasteiger partial charge in [-0.1, -0.05) is 19.1 Å². The lowest BCUT2D eigenvalue weighted by atomic mass is 10.2. The Morgan fingerprint density at radius 3 is 2.83 bits per heavy atom. The van der Waals surface area contributed by atoms with Crippen LogP contribution >= 0.6 is 0 Å². The zero-order chi connectivity index (χ0) is 13.0. The molecule has 2 aromatic rings. The molecule has 0 spiro atoms. The predicted octanol–water partition coefficient (Wildman–Crippen LogP) is 3.06. The second-order valence-corrected chi connectivity index (χ2v) is 4.25. The van der Waals surface area contributed by atoms with Gasteiger partial charge in [-0.3, -0.25) is 4.57 Å². The van der Waals surface area contributed by atoms with E-state index in [9.17, 15) is 0 Å². The monoisotopic (exact) mass is 245 g/mol. The van der Waals surface area contributed by atoms with Gasteiger partial charge in [-0.05, 0) is 38.0 Å². The topological polar surface area (TPSA) is 39.9 Å². The average Bonchev–Trinajstić information content (AvgIpc) is 2.85. The number of hydrogen-bond acceptors (Lipinski definition) is 3. The summed E-state index contributed by atoms with van der Waals surface area (Å²) < 4.78 is 7.70. The third-order valence-corrected chi connectivity index (χ3v) is 2.88. The van der Waals surface area contributed by atoms with Crippen LogP contribution in [0, 0.1) is 6.92 Å². The first-order valence-electron chi connectivity index (χ1n) is 6.34. The lowest BCUT2D eigenvalue weighted by molar-refractivity contribution is 0.0522. The Hall–Kier alpha value is -1.68. The molecule has 2 rings (SSSR count). The van der Waals surface area contributed by atoms with E-state index < -0.39 is 0 Å². The Labute approximate surface area is 108 Å². The SMILES string of the molecule is CCO[C@@H](CC)c1nncn1-c1cccc(C)c1. The number of rotatable bonds is 5. The third kappa shape index (κ3) is 2.59. The molecule has 0 aliphatic heterocycles. The minimum Gasteiger partial charge on any atom is -0.370 e. The highest BCUT2D eigenvalue weighted by molar-refractivity contribution is 5.36. The number of aryl methyl sites for hydroxylation is 1. The Bertz CT molecular complexity index is 507. The van der Waals surface area contributed by atoms with E-state index in [2.05, 4.69) is 42.2 Å². The van der Waals surface area contributed by atoms with Crippen molar-refractivity contribution in [1.82, 2.24) is 14.8 Å². The maximum atomic E-state index is 5.70. The summed E-state index contributed by atoms with van der Waals surface area (Å²) in [6.45, 7) is 6.85. The van der Waals surface area contributed by atoms with E-state index in [0.717, 1.165) is 17.9 Å². The van der Waals surface area contributed by atoms with Gasteiger partial charge in [0.25, 0.3) is 0 Å². The summed E-state index contributed by atoms with van der Waals surface area (Å²) in [4.78, 5) is 0. The van der Waals surface area contributed by atoms with E-state index in [4.69, 9.17) is 4.74 Å². The van der Waals surface area contributed by atoms with Crippen LogP contribution in [0.25, 0.3) is 5.69 Å². The number of hydrogen-bond donors (Lipinski definition) is 0. The van der Waals surface area contributed by atoms with Crippen molar-refractivity contribution in [3.8, 4) is 5.69 Å². The molecule has 1 heterocycles. The van der Waals surface area contributed by atoms with E-state index in [1.807, 2.05) is 17.6 Å². The standard InChI is InChI=1S/C14H19N3O/c1-4-13(18-5-2)14-16-15-10-17(14)12-8-6-7-11(3)9-12/h6-10,13H,4-5H2,1-3H3/t13-/m0/s1. The summed E-state index contributed by atoms with van der Waals surface area (Å²) in [6, 6.07) is 8.29. The molecule has 0 amide bonds. The summed E-state index contributed by atoms with van der Waals surface area (Å²) in [5, 5.41) is 8.21. The van der Waals surface area contributed by atoms with E-state index >= 15 is 0 Å². The number of ether oxygens (including phenoxy) is 1. The van der Waals surface area contributed by atoms with Gasteiger partial charge in [-0.15, -0.1) is 10.2 Å². The molecule has 0 bridgehead atoms. The summed E-state index contributed by atoms with van der Waals surface area (Å²) in [5.41, 5.74) is 2.30. The van der Waals surface area contributed by atoms with Gasteiger partial charge in [0.2, 0.25) is 0 Å². The number of aromatic nitrogens is 3. The Morgan fingerprint density at radius 1 is 1.33 bits per heavy atom. The van der Waals surface area contributed by atoms with Gasteiger partial charge >= 0.3 is 0 Å². The molecular formula is C14H19N3O. The van der Waals surface area contributed by atoms with Gasteiger partial charge < -0.3 is 4.74 Å². The summed E-state index contributed by atoms with van der Waals surface area (Å²) in [6.07, 6.45) is 2.63. The van der Waals surface area contributed by atoms with Gasteiger partial charge in [0.05, 0.1) is 0 Å². The fourth-order valence-corrected chi connectivity index (χ4v) is 2.02. The van der Waals surface area contributed by atoms with Crippen molar-refractivity contribution in [3.05, 3.63) is 42.0 Å². The molecule has 0 aliphatic rings. The summed E-state index contributed by atoms with van der Waals surface area (Å²) >= 11 is 0. The first kappa shape index (κ1) is 12.8. The first-order chi connectivity index (χ1) is 8.76. The molecule has 1 atom stereocenters. The molecular weight excluding hydrogens is 226 g/mol. The predicted molar refractivity (Wildman–Crippen MR) is 70.8 cm³/mol. The second kappa shape index (κ2) is 5.78. The van der Waals surface area contributed by atoms with Crippen LogP contribution in [0.4, 0.5) is 0 Å². The molecule has 96 valence electrons. The van der Waals surface area contributed by atoms with Gasteiger partial charge in [0, 0.05) is 12.3 Å². The molecule has 18 heavy (non-hydrogen) atoms. The Morgan fingerprint density at radius 2 is 2.17 bits per heavy atom. The van der Waals surface area contributed by atoms with E-state index in [1.54, 1.807) is 6.33 Å². The van der Waals surface area contributed by atoms with Crippen molar-refractivity contribution in [2.45, 2.75) is 33.3 Å². The molecule has 0 radical (unpaired) electrons. The van der Waals surface area contributed by atoms with Crippen LogP contribution in [0.2, 0.25) is 0 Å². The smallest absolute Gasteiger partial charge is 0.166 e. The molecule has 0 N–H and O–H groups in total. The molecule has 4 heteroatoms. The average molecular weight is 245 g/mol. The zero-order valence-electron chi connectivity index (χ0n) is 11.1. The van der Waals surface area contributed by atoms with E-state index in [-0.39, 0.29) is 6.10 Å². The van der Waals surface area contributed by atoms with Crippen molar-refractivity contribution in [3.63, 3.8) is 0 Å². The maximum absolute atomic E-state index is 5.70. The zero-order valence-corrected chi connectivity index (χ0v) is 11.1.